The molecule has 5 heteroatoms. The van der Waals surface area contributed by atoms with Crippen molar-refractivity contribution in [1.82, 2.24) is 10.2 Å². The fourth-order valence-electron chi connectivity index (χ4n) is 3.57. The maximum absolute atomic E-state index is 12.7. The molecule has 2 amide bonds. The highest BCUT2D eigenvalue weighted by molar-refractivity contribution is 6.00. The second-order valence-electron chi connectivity index (χ2n) is 6.10. The van der Waals surface area contributed by atoms with Crippen LogP contribution in [0.4, 0.5) is 4.39 Å². The number of halogens is 1. The fourth-order valence-corrected chi connectivity index (χ4v) is 3.57. The lowest BCUT2D eigenvalue weighted by atomic mass is 9.89. The van der Waals surface area contributed by atoms with Crippen molar-refractivity contribution in [2.75, 3.05) is 13.2 Å². The van der Waals surface area contributed by atoms with E-state index in [-0.39, 0.29) is 17.9 Å². The standard InChI is InChI=1S/C14H21FN2O2/c15-8-3-9-17-11(10-4-5-10)12(18)16-14(13(17)19)6-1-2-7-14/h10-11H,1-9H2,(H,16,18). The third-order valence-corrected chi connectivity index (χ3v) is 4.70. The number of rotatable bonds is 4. The zero-order valence-electron chi connectivity index (χ0n) is 11.2. The van der Waals surface area contributed by atoms with Crippen molar-refractivity contribution in [3.8, 4) is 0 Å². The average Bonchev–Trinajstić information content (AvgIpc) is 3.12. The molecule has 19 heavy (non-hydrogen) atoms. The van der Waals surface area contributed by atoms with Crippen LogP contribution in [0.3, 0.4) is 0 Å². The van der Waals surface area contributed by atoms with Gasteiger partial charge >= 0.3 is 0 Å². The van der Waals surface area contributed by atoms with Crippen molar-refractivity contribution in [3.05, 3.63) is 0 Å². The molecular formula is C14H21FN2O2. The van der Waals surface area contributed by atoms with Crippen molar-refractivity contribution >= 4 is 11.8 Å². The Labute approximate surface area is 112 Å². The number of alkyl halides is 1. The zero-order chi connectivity index (χ0) is 13.5. The first-order valence-electron chi connectivity index (χ1n) is 7.37. The van der Waals surface area contributed by atoms with E-state index in [0.717, 1.165) is 38.5 Å². The molecular weight excluding hydrogens is 247 g/mol. The molecule has 0 radical (unpaired) electrons. The van der Waals surface area contributed by atoms with Crippen LogP contribution < -0.4 is 5.32 Å². The van der Waals surface area contributed by atoms with Gasteiger partial charge in [-0.3, -0.25) is 14.0 Å². The van der Waals surface area contributed by atoms with Gasteiger partial charge in [-0.2, -0.15) is 0 Å². The number of piperazine rings is 1. The summed E-state index contributed by atoms with van der Waals surface area (Å²) in [5, 5.41) is 3.00. The molecule has 0 aromatic heterocycles. The summed E-state index contributed by atoms with van der Waals surface area (Å²) in [4.78, 5) is 26.8. The number of carbonyl (C=O) groups excluding carboxylic acids is 2. The predicted molar refractivity (Wildman–Crippen MR) is 68.2 cm³/mol. The van der Waals surface area contributed by atoms with E-state index in [2.05, 4.69) is 5.32 Å². The molecule has 3 fully saturated rings. The molecule has 1 aliphatic heterocycles. The maximum Gasteiger partial charge on any atom is 0.249 e. The first-order valence-corrected chi connectivity index (χ1v) is 7.37. The normalized spacial score (nSPS) is 29.9. The van der Waals surface area contributed by atoms with Crippen LogP contribution in [0.5, 0.6) is 0 Å². The molecule has 0 aromatic carbocycles. The summed E-state index contributed by atoms with van der Waals surface area (Å²) in [5.41, 5.74) is -0.668. The van der Waals surface area contributed by atoms with Crippen LogP contribution in [0, 0.1) is 5.92 Å². The van der Waals surface area contributed by atoms with Crippen molar-refractivity contribution < 1.29 is 14.0 Å². The van der Waals surface area contributed by atoms with Gasteiger partial charge < -0.3 is 10.2 Å². The van der Waals surface area contributed by atoms with Crippen molar-refractivity contribution in [1.29, 1.82) is 0 Å². The lowest BCUT2D eigenvalue weighted by Crippen LogP contribution is -2.70. The summed E-state index contributed by atoms with van der Waals surface area (Å²) in [6.07, 6.45) is 5.78. The van der Waals surface area contributed by atoms with Gasteiger partial charge in [-0.1, -0.05) is 12.8 Å². The van der Waals surface area contributed by atoms with E-state index in [0.29, 0.717) is 18.9 Å². The molecule has 1 saturated heterocycles. The van der Waals surface area contributed by atoms with Crippen LogP contribution in [-0.4, -0.2) is 41.5 Å². The van der Waals surface area contributed by atoms with Gasteiger partial charge in [0.2, 0.25) is 11.8 Å². The van der Waals surface area contributed by atoms with Gasteiger partial charge in [-0.25, -0.2) is 0 Å². The SMILES string of the molecule is O=C1NC2(CCCC2)C(=O)N(CCCF)C1C1CC1. The van der Waals surface area contributed by atoms with E-state index in [1.807, 2.05) is 0 Å². The topological polar surface area (TPSA) is 49.4 Å². The zero-order valence-corrected chi connectivity index (χ0v) is 11.2. The van der Waals surface area contributed by atoms with Crippen LogP contribution in [0.15, 0.2) is 0 Å². The van der Waals surface area contributed by atoms with E-state index in [1.54, 1.807) is 4.90 Å². The van der Waals surface area contributed by atoms with Crippen LogP contribution in [0.25, 0.3) is 0 Å². The van der Waals surface area contributed by atoms with E-state index >= 15 is 0 Å². The molecule has 0 aromatic rings. The Hall–Kier alpha value is -1.13. The van der Waals surface area contributed by atoms with E-state index in [4.69, 9.17) is 0 Å². The average molecular weight is 268 g/mol. The lowest BCUT2D eigenvalue weighted by molar-refractivity contribution is -0.155. The fraction of sp³-hybridized carbons (Fsp3) is 0.857. The highest BCUT2D eigenvalue weighted by Crippen LogP contribution is 2.41. The lowest BCUT2D eigenvalue weighted by Gasteiger charge is -2.44. The number of amides is 2. The smallest absolute Gasteiger partial charge is 0.249 e. The monoisotopic (exact) mass is 268 g/mol. The summed E-state index contributed by atoms with van der Waals surface area (Å²) in [6.45, 7) is -0.0541. The van der Waals surface area contributed by atoms with Gasteiger partial charge in [0.15, 0.2) is 0 Å². The van der Waals surface area contributed by atoms with Crippen molar-refractivity contribution in [3.63, 3.8) is 0 Å². The minimum atomic E-state index is -0.668. The van der Waals surface area contributed by atoms with E-state index in [1.165, 1.54) is 0 Å². The molecule has 3 rings (SSSR count). The molecule has 2 aliphatic carbocycles. The second kappa shape index (κ2) is 4.76. The maximum atomic E-state index is 12.7. The summed E-state index contributed by atoms with van der Waals surface area (Å²) in [6, 6.07) is -0.342. The Balaban J connectivity index is 1.84. The van der Waals surface area contributed by atoms with E-state index < -0.39 is 12.2 Å². The van der Waals surface area contributed by atoms with Crippen molar-refractivity contribution in [2.24, 2.45) is 5.92 Å². The Morgan fingerprint density at radius 2 is 1.95 bits per heavy atom. The molecule has 0 bridgehead atoms. The van der Waals surface area contributed by atoms with Crippen molar-refractivity contribution in [2.45, 2.75) is 56.5 Å². The van der Waals surface area contributed by atoms with Crippen LogP contribution in [-0.2, 0) is 9.59 Å². The highest BCUT2D eigenvalue weighted by Gasteiger charge is 2.55. The molecule has 1 spiro atoms. The van der Waals surface area contributed by atoms with Crippen LogP contribution >= 0.6 is 0 Å². The largest absolute Gasteiger partial charge is 0.340 e. The third kappa shape index (κ3) is 2.13. The van der Waals surface area contributed by atoms with Gasteiger partial charge in [0.25, 0.3) is 0 Å². The number of hydrogen-bond donors (Lipinski definition) is 1. The van der Waals surface area contributed by atoms with Gasteiger partial charge in [0.05, 0.1) is 6.67 Å². The number of nitrogens with zero attached hydrogens (tertiary/aromatic N) is 1. The molecule has 1 heterocycles. The van der Waals surface area contributed by atoms with Gasteiger partial charge in [-0.15, -0.1) is 0 Å². The van der Waals surface area contributed by atoms with Gasteiger partial charge in [-0.05, 0) is 38.0 Å². The Morgan fingerprint density at radius 1 is 1.26 bits per heavy atom. The van der Waals surface area contributed by atoms with Gasteiger partial charge in [0.1, 0.15) is 11.6 Å². The Bertz CT molecular complexity index is 389. The molecule has 2 saturated carbocycles. The quantitative estimate of drug-likeness (QED) is 0.837. The number of carbonyl (C=O) groups is 2. The molecule has 4 nitrogen and oxygen atoms in total. The van der Waals surface area contributed by atoms with Crippen LogP contribution in [0.1, 0.15) is 44.9 Å². The highest BCUT2D eigenvalue weighted by atomic mass is 19.1. The minimum absolute atomic E-state index is 0.0112. The summed E-state index contributed by atoms with van der Waals surface area (Å²) in [7, 11) is 0. The Morgan fingerprint density at radius 3 is 2.53 bits per heavy atom. The third-order valence-electron chi connectivity index (χ3n) is 4.70. The molecule has 1 N–H and O–H groups in total. The van der Waals surface area contributed by atoms with Gasteiger partial charge in [0, 0.05) is 6.54 Å². The van der Waals surface area contributed by atoms with E-state index in [9.17, 15) is 14.0 Å². The molecule has 1 atom stereocenters. The Kier molecular flexibility index (Phi) is 3.23. The number of nitrogens with one attached hydrogen (secondary N) is 1. The first kappa shape index (κ1) is 12.9. The summed E-state index contributed by atoms with van der Waals surface area (Å²) < 4.78 is 12.4. The predicted octanol–water partition coefficient (Wildman–Crippen LogP) is 1.40. The summed E-state index contributed by atoms with van der Waals surface area (Å²) >= 11 is 0. The molecule has 1 unspecified atom stereocenters. The second-order valence-corrected chi connectivity index (χ2v) is 6.10. The molecule has 3 aliphatic rings. The van der Waals surface area contributed by atoms with Crippen LogP contribution in [0.2, 0.25) is 0 Å². The molecule has 106 valence electrons. The summed E-state index contributed by atoms with van der Waals surface area (Å²) in [5.74, 6) is 0.320. The first-order chi connectivity index (χ1) is 9.18. The minimum Gasteiger partial charge on any atom is -0.340 e. The number of hydrogen-bond acceptors (Lipinski definition) is 2.